The highest BCUT2D eigenvalue weighted by Gasteiger charge is 2.30. The fourth-order valence-electron chi connectivity index (χ4n) is 3.03. The number of alkyl halides is 3. The second-order valence-corrected chi connectivity index (χ2v) is 7.33. The molecule has 0 fully saturated rings. The maximum Gasteiger partial charge on any atom is 0.416 e. The summed E-state index contributed by atoms with van der Waals surface area (Å²) in [6, 6.07) is 10.4. The lowest BCUT2D eigenvalue weighted by molar-refractivity contribution is -0.137. The first-order valence-corrected chi connectivity index (χ1v) is 9.62. The summed E-state index contributed by atoms with van der Waals surface area (Å²) in [5.74, 6) is 0.875. The van der Waals surface area contributed by atoms with Gasteiger partial charge >= 0.3 is 6.18 Å². The van der Waals surface area contributed by atoms with E-state index in [0.29, 0.717) is 23.6 Å². The maximum absolute atomic E-state index is 12.7. The summed E-state index contributed by atoms with van der Waals surface area (Å²) >= 11 is 0. The van der Waals surface area contributed by atoms with E-state index in [4.69, 9.17) is 4.42 Å². The number of halogens is 3. The second-order valence-electron chi connectivity index (χ2n) is 7.33. The van der Waals surface area contributed by atoms with Gasteiger partial charge in [-0.05, 0) is 55.7 Å². The summed E-state index contributed by atoms with van der Waals surface area (Å²) in [5, 5.41) is 2.79. The Balaban J connectivity index is 1.54. The summed E-state index contributed by atoms with van der Waals surface area (Å²) in [4.78, 5) is 16.5. The Kier molecular flexibility index (Phi) is 6.29. The quantitative estimate of drug-likeness (QED) is 0.554. The van der Waals surface area contributed by atoms with Crippen LogP contribution in [0.15, 0.2) is 53.1 Å². The minimum Gasteiger partial charge on any atom is -0.441 e. The molecule has 0 saturated carbocycles. The van der Waals surface area contributed by atoms with E-state index in [1.165, 1.54) is 17.7 Å². The van der Waals surface area contributed by atoms with E-state index in [9.17, 15) is 18.0 Å². The number of carbonyl (C=O) groups excluding carboxylic acids is 1. The van der Waals surface area contributed by atoms with Gasteiger partial charge in [0, 0.05) is 18.4 Å². The molecule has 1 aromatic heterocycles. The molecule has 0 aliphatic heterocycles. The highest BCUT2D eigenvalue weighted by Crippen LogP contribution is 2.30. The van der Waals surface area contributed by atoms with Crippen LogP contribution in [0.4, 0.5) is 13.2 Å². The molecule has 0 radical (unpaired) electrons. The average Bonchev–Trinajstić information content (AvgIpc) is 3.17. The Labute approximate surface area is 173 Å². The van der Waals surface area contributed by atoms with Crippen LogP contribution < -0.4 is 5.32 Å². The van der Waals surface area contributed by atoms with Gasteiger partial charge in [0.2, 0.25) is 5.91 Å². The van der Waals surface area contributed by atoms with E-state index in [1.807, 2.05) is 32.0 Å². The third-order valence-corrected chi connectivity index (χ3v) is 5.03. The van der Waals surface area contributed by atoms with E-state index in [2.05, 4.69) is 10.3 Å². The highest BCUT2D eigenvalue weighted by atomic mass is 19.4. The molecule has 1 unspecified atom stereocenters. The molecule has 7 heteroatoms. The Morgan fingerprint density at radius 1 is 1.10 bits per heavy atom. The van der Waals surface area contributed by atoms with Crippen molar-refractivity contribution in [1.29, 1.82) is 0 Å². The van der Waals surface area contributed by atoms with Crippen LogP contribution in [0.2, 0.25) is 0 Å². The molecule has 0 bridgehead atoms. The molecule has 3 rings (SSSR count). The molecule has 0 spiro atoms. The number of aryl methyl sites for hydroxylation is 3. The summed E-state index contributed by atoms with van der Waals surface area (Å²) in [6.07, 6.45) is -2.24. The standard InChI is InChI=1S/C23H23F3N2O2/c1-14-4-5-18(12-15(14)2)20-13-27-22(30-20)11-10-21(29)28-16(3)17-6-8-19(9-7-17)23(24,25)26/h4-9,12-13,16H,10-11H2,1-3H3,(H,28,29). The van der Waals surface area contributed by atoms with Gasteiger partial charge in [-0.1, -0.05) is 24.3 Å². The van der Waals surface area contributed by atoms with Crippen LogP contribution in [0.1, 0.15) is 47.5 Å². The molecule has 1 heterocycles. The summed E-state index contributed by atoms with van der Waals surface area (Å²) < 4.78 is 43.7. The van der Waals surface area contributed by atoms with Crippen molar-refractivity contribution in [2.24, 2.45) is 0 Å². The highest BCUT2D eigenvalue weighted by molar-refractivity contribution is 5.76. The first-order chi connectivity index (χ1) is 14.1. The normalized spacial score (nSPS) is 12.6. The zero-order valence-corrected chi connectivity index (χ0v) is 17.0. The molecule has 1 amide bonds. The van der Waals surface area contributed by atoms with Crippen molar-refractivity contribution < 1.29 is 22.4 Å². The SMILES string of the molecule is Cc1ccc(-c2cnc(CCC(=O)NC(C)c3ccc(C(F)(F)F)cc3)o2)cc1C. The fourth-order valence-corrected chi connectivity index (χ4v) is 3.03. The van der Waals surface area contributed by atoms with Gasteiger partial charge in [0.25, 0.3) is 0 Å². The Bertz CT molecular complexity index is 1020. The molecule has 2 aromatic carbocycles. The zero-order valence-electron chi connectivity index (χ0n) is 17.0. The number of benzene rings is 2. The molecule has 1 N–H and O–H groups in total. The lowest BCUT2D eigenvalue weighted by Crippen LogP contribution is -2.26. The second kappa shape index (κ2) is 8.73. The summed E-state index contributed by atoms with van der Waals surface area (Å²) in [6.45, 7) is 5.79. The number of nitrogens with one attached hydrogen (secondary N) is 1. The lowest BCUT2D eigenvalue weighted by Gasteiger charge is -2.15. The molecule has 4 nitrogen and oxygen atoms in total. The van der Waals surface area contributed by atoms with Gasteiger partial charge in [0.15, 0.2) is 11.7 Å². The van der Waals surface area contributed by atoms with E-state index < -0.39 is 17.8 Å². The van der Waals surface area contributed by atoms with E-state index in [1.54, 1.807) is 13.1 Å². The van der Waals surface area contributed by atoms with Crippen molar-refractivity contribution in [3.05, 3.63) is 76.8 Å². The van der Waals surface area contributed by atoms with Crippen LogP contribution in [-0.4, -0.2) is 10.9 Å². The molecule has 158 valence electrons. The molecule has 0 aliphatic rings. The number of amides is 1. The topological polar surface area (TPSA) is 55.1 Å². The van der Waals surface area contributed by atoms with Gasteiger partial charge in [-0.3, -0.25) is 4.79 Å². The van der Waals surface area contributed by atoms with Crippen molar-refractivity contribution in [2.75, 3.05) is 0 Å². The van der Waals surface area contributed by atoms with Crippen LogP contribution in [-0.2, 0) is 17.4 Å². The van der Waals surface area contributed by atoms with Crippen LogP contribution in [0.3, 0.4) is 0 Å². The number of hydrogen-bond acceptors (Lipinski definition) is 3. The van der Waals surface area contributed by atoms with Crippen molar-refractivity contribution in [3.63, 3.8) is 0 Å². The predicted molar refractivity (Wildman–Crippen MR) is 108 cm³/mol. The molecular formula is C23H23F3N2O2. The molecule has 30 heavy (non-hydrogen) atoms. The van der Waals surface area contributed by atoms with E-state index >= 15 is 0 Å². The van der Waals surface area contributed by atoms with Crippen LogP contribution in [0, 0.1) is 13.8 Å². The molecule has 3 aromatic rings. The third kappa shape index (κ3) is 5.28. The van der Waals surface area contributed by atoms with Gasteiger partial charge < -0.3 is 9.73 Å². The number of carbonyl (C=O) groups is 1. The first kappa shape index (κ1) is 21.6. The Morgan fingerprint density at radius 3 is 2.43 bits per heavy atom. The Hall–Kier alpha value is -3.09. The minimum atomic E-state index is -4.38. The van der Waals surface area contributed by atoms with E-state index in [0.717, 1.165) is 23.3 Å². The smallest absolute Gasteiger partial charge is 0.416 e. The minimum absolute atomic E-state index is 0.165. The van der Waals surface area contributed by atoms with Gasteiger partial charge in [0.05, 0.1) is 17.8 Å². The molecular weight excluding hydrogens is 393 g/mol. The van der Waals surface area contributed by atoms with Crippen LogP contribution in [0.25, 0.3) is 11.3 Å². The van der Waals surface area contributed by atoms with Gasteiger partial charge in [-0.2, -0.15) is 13.2 Å². The number of nitrogens with zero attached hydrogens (tertiary/aromatic N) is 1. The monoisotopic (exact) mass is 416 g/mol. The summed E-state index contributed by atoms with van der Waals surface area (Å²) in [7, 11) is 0. The molecule has 1 atom stereocenters. The first-order valence-electron chi connectivity index (χ1n) is 9.62. The van der Waals surface area contributed by atoms with Gasteiger partial charge in [-0.25, -0.2) is 4.98 Å². The Morgan fingerprint density at radius 2 is 1.80 bits per heavy atom. The number of hydrogen-bond donors (Lipinski definition) is 1. The summed E-state index contributed by atoms with van der Waals surface area (Å²) in [5.41, 5.74) is 3.16. The zero-order chi connectivity index (χ0) is 21.9. The number of aromatic nitrogens is 1. The van der Waals surface area contributed by atoms with Crippen LogP contribution in [0.5, 0.6) is 0 Å². The average molecular weight is 416 g/mol. The number of rotatable bonds is 6. The fraction of sp³-hybridized carbons (Fsp3) is 0.304. The van der Waals surface area contributed by atoms with Crippen LogP contribution >= 0.6 is 0 Å². The number of oxazole rings is 1. The maximum atomic E-state index is 12.7. The van der Waals surface area contributed by atoms with Gasteiger partial charge in [0.1, 0.15) is 0 Å². The molecule has 0 saturated heterocycles. The van der Waals surface area contributed by atoms with Crippen molar-refractivity contribution >= 4 is 5.91 Å². The third-order valence-electron chi connectivity index (χ3n) is 5.03. The predicted octanol–water partition coefficient (Wildman–Crippen LogP) is 5.79. The largest absolute Gasteiger partial charge is 0.441 e. The van der Waals surface area contributed by atoms with E-state index in [-0.39, 0.29) is 12.3 Å². The van der Waals surface area contributed by atoms with Crippen molar-refractivity contribution in [3.8, 4) is 11.3 Å². The van der Waals surface area contributed by atoms with Gasteiger partial charge in [-0.15, -0.1) is 0 Å². The molecule has 0 aliphatic carbocycles. The van der Waals surface area contributed by atoms with Crippen molar-refractivity contribution in [2.45, 2.75) is 45.8 Å². The van der Waals surface area contributed by atoms with Crippen molar-refractivity contribution in [1.82, 2.24) is 10.3 Å². The lowest BCUT2D eigenvalue weighted by atomic mass is 10.1.